The van der Waals surface area contributed by atoms with Crippen LogP contribution < -0.4 is 4.74 Å². The molecule has 0 saturated heterocycles. The van der Waals surface area contributed by atoms with Crippen molar-refractivity contribution in [1.82, 2.24) is 4.98 Å². The molecule has 2 rings (SSSR count). The summed E-state index contributed by atoms with van der Waals surface area (Å²) in [6.45, 7) is 0.312. The van der Waals surface area contributed by atoms with Gasteiger partial charge in [0.05, 0.1) is 23.9 Å². The summed E-state index contributed by atoms with van der Waals surface area (Å²) < 4.78 is 6.06. The Morgan fingerprint density at radius 2 is 2.22 bits per heavy atom. The summed E-state index contributed by atoms with van der Waals surface area (Å²) in [6, 6.07) is 9.14. The molecule has 88 valence electrons. The molecular weight excluding hydrogens is 248 g/mol. The average Bonchev–Trinajstić information content (AvgIpc) is 2.82. The molecule has 0 aliphatic carbocycles. The van der Waals surface area contributed by atoms with Crippen LogP contribution in [0.25, 0.3) is 10.2 Å². The number of aromatic nitrogens is 1. The van der Waals surface area contributed by atoms with Gasteiger partial charge in [0.15, 0.2) is 0 Å². The fourth-order valence-corrected chi connectivity index (χ4v) is 2.24. The van der Waals surface area contributed by atoms with Gasteiger partial charge in [-0.2, -0.15) is 10.5 Å². The Bertz CT molecular complexity index is 674. The van der Waals surface area contributed by atoms with Crippen molar-refractivity contribution >= 4 is 27.3 Å². The van der Waals surface area contributed by atoms with Gasteiger partial charge >= 0.3 is 0 Å². The van der Waals surface area contributed by atoms with Crippen LogP contribution in [0.1, 0.15) is 5.56 Å². The predicted molar refractivity (Wildman–Crippen MR) is 68.5 cm³/mol. The Morgan fingerprint density at radius 1 is 1.44 bits per heavy atom. The summed E-state index contributed by atoms with van der Waals surface area (Å²) in [7, 11) is 1.58. The average molecular weight is 256 g/mol. The van der Waals surface area contributed by atoms with Crippen LogP contribution in [-0.4, -0.2) is 17.8 Å². The van der Waals surface area contributed by atoms with Gasteiger partial charge < -0.3 is 4.74 Å². The van der Waals surface area contributed by atoms with Crippen LogP contribution in [0.4, 0.5) is 0 Å². The van der Waals surface area contributed by atoms with Crippen molar-refractivity contribution in [2.24, 2.45) is 4.99 Å². The zero-order valence-electron chi connectivity index (χ0n) is 9.54. The lowest BCUT2D eigenvalue weighted by Crippen LogP contribution is -1.90. The van der Waals surface area contributed by atoms with Gasteiger partial charge in [-0.1, -0.05) is 17.4 Å². The summed E-state index contributed by atoms with van der Waals surface area (Å²) in [5, 5.41) is 17.8. The van der Waals surface area contributed by atoms with E-state index in [2.05, 4.69) is 9.98 Å². The molecule has 0 unspecified atom stereocenters. The SMILES string of the molecule is COc1nc2ccc(CN=C(C#N)C#N)cc2s1. The number of fused-ring (bicyclic) bond motifs is 1. The van der Waals surface area contributed by atoms with Gasteiger partial charge in [0.1, 0.15) is 12.1 Å². The van der Waals surface area contributed by atoms with Crippen LogP contribution in [-0.2, 0) is 6.54 Å². The lowest BCUT2D eigenvalue weighted by atomic mass is 10.2. The Morgan fingerprint density at radius 3 is 2.89 bits per heavy atom. The van der Waals surface area contributed by atoms with Crippen molar-refractivity contribution in [2.75, 3.05) is 7.11 Å². The molecule has 0 saturated carbocycles. The van der Waals surface area contributed by atoms with Gasteiger partial charge in [-0.25, -0.2) is 4.98 Å². The second-order valence-corrected chi connectivity index (χ2v) is 4.37. The summed E-state index contributed by atoms with van der Waals surface area (Å²) >= 11 is 1.45. The van der Waals surface area contributed by atoms with E-state index in [0.29, 0.717) is 11.7 Å². The van der Waals surface area contributed by atoms with E-state index in [0.717, 1.165) is 15.8 Å². The van der Waals surface area contributed by atoms with E-state index in [9.17, 15) is 0 Å². The first-order valence-corrected chi connectivity index (χ1v) is 5.86. The van der Waals surface area contributed by atoms with Crippen LogP contribution in [0.15, 0.2) is 23.2 Å². The Kier molecular flexibility index (Phi) is 3.52. The van der Waals surface area contributed by atoms with E-state index in [4.69, 9.17) is 15.3 Å². The number of nitriles is 2. The first-order valence-electron chi connectivity index (χ1n) is 5.05. The van der Waals surface area contributed by atoms with Gasteiger partial charge in [-0.3, -0.25) is 4.99 Å². The third kappa shape index (κ3) is 2.45. The number of ether oxygens (including phenoxy) is 1. The second kappa shape index (κ2) is 5.26. The van der Waals surface area contributed by atoms with Gasteiger partial charge in [0.2, 0.25) is 5.71 Å². The minimum Gasteiger partial charge on any atom is -0.473 e. The maximum atomic E-state index is 8.58. The molecule has 0 aliphatic heterocycles. The molecule has 0 radical (unpaired) electrons. The Labute approximate surface area is 108 Å². The summed E-state index contributed by atoms with van der Waals surface area (Å²) in [5.74, 6) is 0. The first kappa shape index (κ1) is 12.0. The van der Waals surface area contributed by atoms with Crippen molar-refractivity contribution in [3.8, 4) is 17.3 Å². The zero-order valence-corrected chi connectivity index (χ0v) is 10.4. The molecule has 0 fully saturated rings. The molecule has 0 bridgehead atoms. The fourth-order valence-electron chi connectivity index (χ4n) is 1.40. The largest absolute Gasteiger partial charge is 0.473 e. The van der Waals surface area contributed by atoms with Gasteiger partial charge in [0.25, 0.3) is 5.19 Å². The maximum Gasteiger partial charge on any atom is 0.274 e. The van der Waals surface area contributed by atoms with Crippen LogP contribution in [0.5, 0.6) is 5.19 Å². The van der Waals surface area contributed by atoms with E-state index in [1.54, 1.807) is 19.2 Å². The molecule has 1 heterocycles. The highest BCUT2D eigenvalue weighted by Crippen LogP contribution is 2.28. The topological polar surface area (TPSA) is 82.1 Å². The number of nitrogens with zero attached hydrogens (tertiary/aromatic N) is 4. The van der Waals surface area contributed by atoms with E-state index >= 15 is 0 Å². The summed E-state index contributed by atoms with van der Waals surface area (Å²) in [5.41, 5.74) is 1.68. The quantitative estimate of drug-likeness (QED) is 0.789. The highest BCUT2D eigenvalue weighted by molar-refractivity contribution is 7.20. The number of hydrogen-bond donors (Lipinski definition) is 0. The predicted octanol–water partition coefficient (Wildman–Crippen LogP) is 2.29. The third-order valence-corrected chi connectivity index (χ3v) is 3.22. The third-order valence-electron chi connectivity index (χ3n) is 2.24. The minimum absolute atomic E-state index is 0.114. The van der Waals surface area contributed by atoms with E-state index in [1.807, 2.05) is 18.2 Å². The number of methoxy groups -OCH3 is 1. The van der Waals surface area contributed by atoms with E-state index in [-0.39, 0.29) is 5.71 Å². The van der Waals surface area contributed by atoms with Gasteiger partial charge in [0, 0.05) is 0 Å². The molecule has 0 N–H and O–H groups in total. The first-order chi connectivity index (χ1) is 8.76. The zero-order chi connectivity index (χ0) is 13.0. The van der Waals surface area contributed by atoms with Crippen molar-refractivity contribution in [2.45, 2.75) is 6.54 Å². The molecule has 1 aromatic carbocycles. The van der Waals surface area contributed by atoms with Crippen molar-refractivity contribution in [3.05, 3.63) is 23.8 Å². The maximum absolute atomic E-state index is 8.58. The summed E-state index contributed by atoms with van der Waals surface area (Å²) in [4.78, 5) is 8.17. The van der Waals surface area contributed by atoms with E-state index < -0.39 is 0 Å². The van der Waals surface area contributed by atoms with E-state index in [1.165, 1.54) is 11.3 Å². The molecule has 18 heavy (non-hydrogen) atoms. The fraction of sp³-hybridized carbons (Fsp3) is 0.167. The molecular formula is C12H8N4OS. The monoisotopic (exact) mass is 256 g/mol. The second-order valence-electron chi connectivity index (χ2n) is 3.37. The number of thiazole rings is 1. The number of benzene rings is 1. The number of hydrogen-bond acceptors (Lipinski definition) is 6. The molecule has 0 aliphatic rings. The highest BCUT2D eigenvalue weighted by atomic mass is 32.1. The lowest BCUT2D eigenvalue weighted by Gasteiger charge is -1.95. The van der Waals surface area contributed by atoms with Crippen LogP contribution in [0.2, 0.25) is 0 Å². The molecule has 0 amide bonds. The van der Waals surface area contributed by atoms with Gasteiger partial charge in [-0.15, -0.1) is 0 Å². The standard InChI is InChI=1S/C12H8N4OS/c1-17-12-16-10-3-2-8(4-11(10)18-12)7-15-9(5-13)6-14/h2-4H,7H2,1H3. The van der Waals surface area contributed by atoms with Crippen molar-refractivity contribution in [1.29, 1.82) is 10.5 Å². The Balaban J connectivity index is 2.28. The number of rotatable bonds is 3. The molecule has 5 nitrogen and oxygen atoms in total. The minimum atomic E-state index is -0.114. The van der Waals surface area contributed by atoms with Crippen LogP contribution in [0.3, 0.4) is 0 Å². The summed E-state index contributed by atoms with van der Waals surface area (Å²) in [6.07, 6.45) is 0. The lowest BCUT2D eigenvalue weighted by molar-refractivity contribution is 0.413. The smallest absolute Gasteiger partial charge is 0.274 e. The molecule has 0 spiro atoms. The molecule has 2 aromatic rings. The number of aliphatic imine (C=N–C) groups is 1. The van der Waals surface area contributed by atoms with Crippen LogP contribution in [0, 0.1) is 22.7 Å². The highest BCUT2D eigenvalue weighted by Gasteiger charge is 2.04. The van der Waals surface area contributed by atoms with Crippen molar-refractivity contribution in [3.63, 3.8) is 0 Å². The van der Waals surface area contributed by atoms with Crippen LogP contribution >= 0.6 is 11.3 Å². The normalized spacial score (nSPS) is 9.50. The Hall–Kier alpha value is -2.44. The molecule has 1 aromatic heterocycles. The van der Waals surface area contributed by atoms with Gasteiger partial charge in [-0.05, 0) is 17.7 Å². The molecule has 0 atom stereocenters. The van der Waals surface area contributed by atoms with Crippen molar-refractivity contribution < 1.29 is 4.74 Å². The molecule has 6 heteroatoms.